The number of likely N-dealkylation sites (N-methyl/N-ethyl adjacent to an activating group) is 1. The van der Waals surface area contributed by atoms with Crippen LogP contribution in [0.25, 0.3) is 0 Å². The molecule has 0 aromatic carbocycles. The quantitative estimate of drug-likeness (QED) is 0.864. The van der Waals surface area contributed by atoms with Gasteiger partial charge in [0.2, 0.25) is 0 Å². The number of amides is 1. The van der Waals surface area contributed by atoms with Crippen LogP contribution in [0.4, 0.5) is 0 Å². The zero-order valence-electron chi connectivity index (χ0n) is 10.9. The molecular formula is C14H21N3O. The van der Waals surface area contributed by atoms with Gasteiger partial charge in [-0.15, -0.1) is 0 Å². The van der Waals surface area contributed by atoms with Crippen molar-refractivity contribution >= 4 is 5.91 Å². The van der Waals surface area contributed by atoms with E-state index in [2.05, 4.69) is 21.8 Å². The molecule has 0 spiro atoms. The minimum Gasteiger partial charge on any atom is -0.357 e. The lowest BCUT2D eigenvalue weighted by atomic mass is 10.0. The van der Waals surface area contributed by atoms with Gasteiger partial charge in [-0.05, 0) is 51.4 Å². The lowest BCUT2D eigenvalue weighted by Crippen LogP contribution is -2.47. The van der Waals surface area contributed by atoms with Crippen LogP contribution in [-0.4, -0.2) is 52.9 Å². The van der Waals surface area contributed by atoms with Crippen molar-refractivity contribution in [3.8, 4) is 0 Å². The van der Waals surface area contributed by atoms with Crippen molar-refractivity contribution in [1.82, 2.24) is 14.8 Å². The molecule has 2 saturated heterocycles. The first kappa shape index (κ1) is 11.8. The molecule has 3 heterocycles. The summed E-state index contributed by atoms with van der Waals surface area (Å²) >= 11 is 0. The molecule has 1 N–H and O–H groups in total. The normalized spacial score (nSPS) is 29.1. The molecule has 0 bridgehead atoms. The lowest BCUT2D eigenvalue weighted by molar-refractivity contribution is 0.0659. The van der Waals surface area contributed by atoms with E-state index in [1.165, 1.54) is 19.4 Å². The highest BCUT2D eigenvalue weighted by atomic mass is 16.2. The molecular weight excluding hydrogens is 226 g/mol. The van der Waals surface area contributed by atoms with E-state index in [0.717, 1.165) is 25.1 Å². The predicted molar refractivity (Wildman–Crippen MR) is 70.5 cm³/mol. The van der Waals surface area contributed by atoms with Gasteiger partial charge < -0.3 is 14.8 Å². The molecule has 2 atom stereocenters. The number of carbonyl (C=O) groups is 1. The summed E-state index contributed by atoms with van der Waals surface area (Å²) in [5.74, 6) is 0.169. The monoisotopic (exact) mass is 247 g/mol. The maximum Gasteiger partial charge on any atom is 0.270 e. The van der Waals surface area contributed by atoms with E-state index in [4.69, 9.17) is 0 Å². The molecule has 18 heavy (non-hydrogen) atoms. The van der Waals surface area contributed by atoms with Crippen LogP contribution >= 0.6 is 0 Å². The van der Waals surface area contributed by atoms with Crippen molar-refractivity contribution in [2.24, 2.45) is 0 Å². The van der Waals surface area contributed by atoms with Gasteiger partial charge in [-0.3, -0.25) is 4.79 Å². The van der Waals surface area contributed by atoms with E-state index < -0.39 is 0 Å². The molecule has 0 saturated carbocycles. The first-order chi connectivity index (χ1) is 8.77. The number of nitrogens with one attached hydrogen (secondary N) is 1. The fourth-order valence-corrected chi connectivity index (χ4v) is 3.48. The van der Waals surface area contributed by atoms with E-state index >= 15 is 0 Å². The lowest BCUT2D eigenvalue weighted by Gasteiger charge is -2.33. The van der Waals surface area contributed by atoms with Gasteiger partial charge in [0.05, 0.1) is 0 Å². The van der Waals surface area contributed by atoms with Gasteiger partial charge in [-0.25, -0.2) is 0 Å². The van der Waals surface area contributed by atoms with Crippen LogP contribution in [0.2, 0.25) is 0 Å². The van der Waals surface area contributed by atoms with Crippen molar-refractivity contribution in [2.45, 2.75) is 37.8 Å². The molecule has 2 fully saturated rings. The minimum atomic E-state index is 0.169. The third-order valence-electron chi connectivity index (χ3n) is 4.41. The molecule has 2 aliphatic heterocycles. The summed E-state index contributed by atoms with van der Waals surface area (Å²) in [5.41, 5.74) is 0.725. The Kier molecular flexibility index (Phi) is 3.12. The highest BCUT2D eigenvalue weighted by molar-refractivity contribution is 5.92. The van der Waals surface area contributed by atoms with Crippen LogP contribution in [-0.2, 0) is 0 Å². The standard InChI is InChI=1S/C14H21N3O/c1-16-9-3-6-12(16)13-7-4-10-17(13)14(18)11-5-2-8-15-11/h2,5,8,12-13,15H,3-4,6-7,9-10H2,1H3/t12-,13+/m1/s1. The second-order valence-corrected chi connectivity index (χ2v) is 5.48. The fourth-order valence-electron chi connectivity index (χ4n) is 3.48. The zero-order chi connectivity index (χ0) is 12.5. The van der Waals surface area contributed by atoms with Gasteiger partial charge >= 0.3 is 0 Å². The molecule has 4 nitrogen and oxygen atoms in total. The molecule has 4 heteroatoms. The molecule has 1 aromatic rings. The number of aromatic nitrogens is 1. The number of nitrogens with zero attached hydrogens (tertiary/aromatic N) is 2. The first-order valence-corrected chi connectivity index (χ1v) is 6.92. The van der Waals surface area contributed by atoms with Gasteiger partial charge in [-0.1, -0.05) is 0 Å². The Morgan fingerprint density at radius 3 is 2.72 bits per heavy atom. The summed E-state index contributed by atoms with van der Waals surface area (Å²) in [6.07, 6.45) is 6.61. The van der Waals surface area contributed by atoms with Gasteiger partial charge in [0.25, 0.3) is 5.91 Å². The second kappa shape index (κ2) is 4.76. The van der Waals surface area contributed by atoms with E-state index in [1.807, 2.05) is 18.3 Å². The predicted octanol–water partition coefficient (Wildman–Crippen LogP) is 1.71. The van der Waals surface area contributed by atoms with E-state index in [-0.39, 0.29) is 5.91 Å². The van der Waals surface area contributed by atoms with Crippen molar-refractivity contribution in [2.75, 3.05) is 20.1 Å². The molecule has 0 radical (unpaired) electrons. The molecule has 98 valence electrons. The smallest absolute Gasteiger partial charge is 0.270 e. The van der Waals surface area contributed by atoms with Crippen LogP contribution in [0.15, 0.2) is 18.3 Å². The largest absolute Gasteiger partial charge is 0.357 e. The average Bonchev–Trinajstić information content (AvgIpc) is 3.09. The summed E-state index contributed by atoms with van der Waals surface area (Å²) in [5, 5.41) is 0. The zero-order valence-corrected chi connectivity index (χ0v) is 10.9. The third-order valence-corrected chi connectivity index (χ3v) is 4.41. The number of hydrogen-bond donors (Lipinski definition) is 1. The van der Waals surface area contributed by atoms with Crippen LogP contribution in [0.3, 0.4) is 0 Å². The van der Waals surface area contributed by atoms with E-state index in [9.17, 15) is 4.79 Å². The minimum absolute atomic E-state index is 0.169. The van der Waals surface area contributed by atoms with Crippen LogP contribution in [0, 0.1) is 0 Å². The molecule has 3 rings (SSSR count). The maximum atomic E-state index is 12.5. The Bertz CT molecular complexity index is 415. The second-order valence-electron chi connectivity index (χ2n) is 5.48. The van der Waals surface area contributed by atoms with Crippen molar-refractivity contribution < 1.29 is 4.79 Å². The summed E-state index contributed by atoms with van der Waals surface area (Å²) in [4.78, 5) is 20.0. The van der Waals surface area contributed by atoms with Crippen LogP contribution in [0.1, 0.15) is 36.2 Å². The van der Waals surface area contributed by atoms with Crippen molar-refractivity contribution in [3.05, 3.63) is 24.0 Å². The SMILES string of the molecule is CN1CCC[C@@H]1[C@@H]1CCCN1C(=O)c1ccc[nH]1. The number of likely N-dealkylation sites (tertiary alicyclic amines) is 2. The van der Waals surface area contributed by atoms with Crippen LogP contribution in [0.5, 0.6) is 0 Å². The topological polar surface area (TPSA) is 39.3 Å². The Labute approximate surface area is 108 Å². The maximum absolute atomic E-state index is 12.5. The van der Waals surface area contributed by atoms with Crippen molar-refractivity contribution in [3.63, 3.8) is 0 Å². The number of aromatic amines is 1. The Morgan fingerprint density at radius 2 is 2.06 bits per heavy atom. The van der Waals surface area contributed by atoms with E-state index in [1.54, 1.807) is 0 Å². The molecule has 0 aliphatic carbocycles. The molecule has 1 aromatic heterocycles. The molecule has 0 unspecified atom stereocenters. The van der Waals surface area contributed by atoms with Gasteiger partial charge in [0.15, 0.2) is 0 Å². The van der Waals surface area contributed by atoms with Crippen LogP contribution < -0.4 is 0 Å². The fraction of sp³-hybridized carbons (Fsp3) is 0.643. The highest BCUT2D eigenvalue weighted by Crippen LogP contribution is 2.29. The Hall–Kier alpha value is -1.29. The molecule has 2 aliphatic rings. The summed E-state index contributed by atoms with van der Waals surface area (Å²) in [6, 6.07) is 4.73. The van der Waals surface area contributed by atoms with Gasteiger partial charge in [0, 0.05) is 24.8 Å². The van der Waals surface area contributed by atoms with Crippen molar-refractivity contribution in [1.29, 1.82) is 0 Å². The number of hydrogen-bond acceptors (Lipinski definition) is 2. The first-order valence-electron chi connectivity index (χ1n) is 6.92. The average molecular weight is 247 g/mol. The highest BCUT2D eigenvalue weighted by Gasteiger charge is 2.38. The third kappa shape index (κ3) is 1.94. The Morgan fingerprint density at radius 1 is 1.28 bits per heavy atom. The Balaban J connectivity index is 1.77. The van der Waals surface area contributed by atoms with Gasteiger partial charge in [-0.2, -0.15) is 0 Å². The molecule has 1 amide bonds. The summed E-state index contributed by atoms with van der Waals surface area (Å²) in [6.45, 7) is 2.08. The van der Waals surface area contributed by atoms with E-state index in [0.29, 0.717) is 12.1 Å². The summed E-state index contributed by atoms with van der Waals surface area (Å²) in [7, 11) is 2.19. The van der Waals surface area contributed by atoms with Gasteiger partial charge in [0.1, 0.15) is 5.69 Å². The number of rotatable bonds is 2. The number of carbonyl (C=O) groups excluding carboxylic acids is 1. The summed E-state index contributed by atoms with van der Waals surface area (Å²) < 4.78 is 0. The number of H-pyrrole nitrogens is 1.